The molecule has 2 aliphatic rings. The van der Waals surface area contributed by atoms with E-state index in [4.69, 9.17) is 0 Å². The first-order chi connectivity index (χ1) is 6.88. The Labute approximate surface area is 105 Å². The molecule has 2 fully saturated rings. The Morgan fingerprint density at radius 3 is 1.50 bits per heavy atom. The average Bonchev–Trinajstić information content (AvgIpc) is 2.30. The molecule has 14 heavy (non-hydrogen) atoms. The zero-order valence-corrected chi connectivity index (χ0v) is 12.7. The predicted octanol–water partition coefficient (Wildman–Crippen LogP) is 1.20. The number of hydrogen-bond donors (Lipinski definition) is 0. The van der Waals surface area contributed by atoms with Crippen LogP contribution < -0.4 is 0 Å². The third-order valence-electron chi connectivity index (χ3n) is 2.69. The highest BCUT2D eigenvalue weighted by atomic mass is 79.9. The Morgan fingerprint density at radius 2 is 1.14 bits per heavy atom. The smallest absolute Gasteiger partial charge is 0.264 e. The van der Waals surface area contributed by atoms with E-state index in [0.29, 0.717) is 0 Å². The normalized spacial score (nSPS) is 27.0. The Hall–Kier alpha value is 1.32. The average molecular weight is 313 g/mol. The van der Waals surface area contributed by atoms with Crippen LogP contribution in [-0.4, -0.2) is 66.1 Å². The largest absolute Gasteiger partial charge is 0.304 e. The molecule has 0 aliphatic carbocycles. The summed E-state index contributed by atoms with van der Waals surface area (Å²) in [7, 11) is -0.912. The molecule has 0 N–H and O–H groups in total. The topological polar surface area (TPSA) is 6.48 Å². The molecule has 2 saturated heterocycles. The van der Waals surface area contributed by atoms with E-state index in [1.165, 1.54) is 49.2 Å². The molecule has 0 amide bonds. The molecule has 0 unspecified atom stereocenters. The van der Waals surface area contributed by atoms with E-state index in [-0.39, 0.29) is 0 Å². The van der Waals surface area contributed by atoms with Gasteiger partial charge >= 0.3 is 0 Å². The summed E-state index contributed by atoms with van der Waals surface area (Å²) in [6, 6.07) is 0. The Bertz CT molecular complexity index is 157. The second-order valence-corrected chi connectivity index (χ2v) is 10.6. The monoisotopic (exact) mass is 312 g/mol. The third-order valence-corrected chi connectivity index (χ3v) is 10.3. The van der Waals surface area contributed by atoms with Gasteiger partial charge in [-0.15, -0.1) is 0 Å². The van der Waals surface area contributed by atoms with Crippen molar-refractivity contribution in [1.82, 2.24) is 9.13 Å². The van der Waals surface area contributed by atoms with Crippen molar-refractivity contribution in [2.45, 2.75) is 0 Å². The summed E-state index contributed by atoms with van der Waals surface area (Å²) in [5, 5.41) is 0. The number of thioether (sulfide) groups is 2. The molecule has 2 heterocycles. The third kappa shape index (κ3) is 3.15. The van der Waals surface area contributed by atoms with Gasteiger partial charge < -0.3 is 9.13 Å². The van der Waals surface area contributed by atoms with Crippen molar-refractivity contribution < 1.29 is 0 Å². The minimum absolute atomic E-state index is 0.912. The molecule has 6 heteroatoms. The van der Waals surface area contributed by atoms with E-state index in [0.717, 1.165) is 0 Å². The van der Waals surface area contributed by atoms with E-state index in [9.17, 15) is 0 Å². The van der Waals surface area contributed by atoms with Crippen LogP contribution in [0.5, 0.6) is 0 Å². The fourth-order valence-electron chi connectivity index (χ4n) is 1.81. The van der Waals surface area contributed by atoms with E-state index < -0.39 is 7.74 Å². The van der Waals surface area contributed by atoms with Crippen LogP contribution >= 0.6 is 38.8 Å². The number of rotatable bonds is 2. The zero-order chi connectivity index (χ0) is 9.80. The highest BCUT2D eigenvalue weighted by Gasteiger charge is 2.27. The van der Waals surface area contributed by atoms with Gasteiger partial charge in [-0.1, -0.05) is 15.3 Å². The lowest BCUT2D eigenvalue weighted by Gasteiger charge is -2.38. The van der Waals surface area contributed by atoms with Crippen molar-refractivity contribution in [3.63, 3.8) is 0 Å². The molecular weight excluding hydrogens is 296 g/mol. The lowest BCUT2D eigenvalue weighted by Crippen LogP contribution is -2.54. The highest BCUT2D eigenvalue weighted by molar-refractivity contribution is 9.24. The molecule has 0 aromatic carbocycles. The van der Waals surface area contributed by atoms with Crippen LogP contribution in [0.25, 0.3) is 0 Å². The summed E-state index contributed by atoms with van der Waals surface area (Å²) in [5.41, 5.74) is 0. The molecule has 0 atom stereocenters. The molecule has 0 aromatic heterocycles. The molecular formula is C8H17BrN2S2Si. The molecule has 0 bridgehead atoms. The lowest BCUT2D eigenvalue weighted by atomic mass is 10.6. The molecule has 2 nitrogen and oxygen atoms in total. The van der Waals surface area contributed by atoms with Crippen molar-refractivity contribution in [3.05, 3.63) is 0 Å². The van der Waals surface area contributed by atoms with Crippen LogP contribution in [0.1, 0.15) is 0 Å². The maximum Gasteiger partial charge on any atom is 0.264 e. The summed E-state index contributed by atoms with van der Waals surface area (Å²) in [6.45, 7) is 5.21. The predicted molar refractivity (Wildman–Crippen MR) is 73.9 cm³/mol. The van der Waals surface area contributed by atoms with Crippen molar-refractivity contribution in [2.24, 2.45) is 0 Å². The fraction of sp³-hybridized carbons (Fsp3) is 1.00. The molecule has 0 radical (unpaired) electrons. The van der Waals surface area contributed by atoms with Gasteiger partial charge in [-0.3, -0.25) is 0 Å². The molecule has 0 spiro atoms. The summed E-state index contributed by atoms with van der Waals surface area (Å²) < 4.78 is 5.40. The summed E-state index contributed by atoms with van der Waals surface area (Å²) in [5.74, 6) is 5.32. The number of nitrogens with zero attached hydrogens (tertiary/aromatic N) is 2. The highest BCUT2D eigenvalue weighted by Crippen LogP contribution is 2.19. The number of halogens is 1. The lowest BCUT2D eigenvalue weighted by molar-refractivity contribution is 0.394. The van der Waals surface area contributed by atoms with Gasteiger partial charge in [0.2, 0.25) is 0 Å². The summed E-state index contributed by atoms with van der Waals surface area (Å²) >= 11 is 8.17. The quantitative estimate of drug-likeness (QED) is 0.558. The van der Waals surface area contributed by atoms with Gasteiger partial charge in [0.05, 0.1) is 0 Å². The van der Waals surface area contributed by atoms with E-state index in [1.54, 1.807) is 0 Å². The molecule has 2 aliphatic heterocycles. The van der Waals surface area contributed by atoms with E-state index >= 15 is 0 Å². The van der Waals surface area contributed by atoms with Crippen LogP contribution in [0.4, 0.5) is 0 Å². The van der Waals surface area contributed by atoms with Gasteiger partial charge in [-0.25, -0.2) is 0 Å². The van der Waals surface area contributed by atoms with Crippen LogP contribution in [0.3, 0.4) is 0 Å². The zero-order valence-electron chi connectivity index (χ0n) is 8.32. The van der Waals surface area contributed by atoms with Crippen molar-refractivity contribution in [1.29, 1.82) is 0 Å². The van der Waals surface area contributed by atoms with Crippen molar-refractivity contribution in [2.75, 3.05) is 49.2 Å². The van der Waals surface area contributed by atoms with Crippen molar-refractivity contribution in [3.8, 4) is 0 Å². The standard InChI is InChI=1S/C8H17BrN2S2Si/c9-14(10-1-5-12-6-2-10)11-3-7-13-8-4-11/h14H,1-8H2. The van der Waals surface area contributed by atoms with Gasteiger partial charge in [0.15, 0.2) is 0 Å². The van der Waals surface area contributed by atoms with Gasteiger partial charge in [0.25, 0.3) is 7.74 Å². The number of hydrogen-bond acceptors (Lipinski definition) is 4. The first kappa shape index (κ1) is 11.8. The van der Waals surface area contributed by atoms with Gasteiger partial charge in [0.1, 0.15) is 0 Å². The maximum atomic E-state index is 3.97. The second kappa shape index (κ2) is 6.15. The Morgan fingerprint density at radius 1 is 0.786 bits per heavy atom. The molecule has 82 valence electrons. The SMILES string of the molecule is Br[SiH](N1CCSCC1)N1CCSCC1. The van der Waals surface area contributed by atoms with Crippen LogP contribution in [-0.2, 0) is 0 Å². The van der Waals surface area contributed by atoms with E-state index in [2.05, 4.69) is 47.9 Å². The first-order valence-electron chi connectivity index (χ1n) is 5.15. The summed E-state index contributed by atoms with van der Waals surface area (Å²) in [6.07, 6.45) is 0. The van der Waals surface area contributed by atoms with Crippen LogP contribution in [0.2, 0.25) is 0 Å². The molecule has 0 aromatic rings. The fourth-order valence-corrected chi connectivity index (χ4v) is 8.71. The Kier molecular flexibility index (Phi) is 5.18. The summed E-state index contributed by atoms with van der Waals surface area (Å²) in [4.78, 5) is 0. The van der Waals surface area contributed by atoms with Crippen LogP contribution in [0.15, 0.2) is 0 Å². The minimum Gasteiger partial charge on any atom is -0.304 e. The van der Waals surface area contributed by atoms with Crippen LogP contribution in [0, 0.1) is 0 Å². The molecule has 0 saturated carbocycles. The minimum atomic E-state index is -0.912. The van der Waals surface area contributed by atoms with Gasteiger partial charge in [-0.05, 0) is 0 Å². The maximum absolute atomic E-state index is 3.97. The van der Waals surface area contributed by atoms with Crippen molar-refractivity contribution >= 4 is 46.6 Å². The first-order valence-corrected chi connectivity index (χ1v) is 11.7. The van der Waals surface area contributed by atoms with E-state index in [1.807, 2.05) is 0 Å². The second-order valence-electron chi connectivity index (χ2n) is 3.61. The van der Waals surface area contributed by atoms with Gasteiger partial charge in [0, 0.05) is 49.2 Å². The Balaban J connectivity index is 1.82. The molecule has 2 rings (SSSR count). The van der Waals surface area contributed by atoms with Gasteiger partial charge in [-0.2, -0.15) is 23.5 Å².